The molecule has 0 aliphatic heterocycles. The number of hydrogen-bond donors (Lipinski definition) is 1. The van der Waals surface area contributed by atoms with E-state index in [-0.39, 0.29) is 5.54 Å². The van der Waals surface area contributed by atoms with Gasteiger partial charge in [-0.15, -0.1) is 0 Å². The Labute approximate surface area is 98.0 Å². The van der Waals surface area contributed by atoms with Crippen LogP contribution < -0.4 is 5.73 Å². The molecule has 1 aliphatic carbocycles. The van der Waals surface area contributed by atoms with Crippen LogP contribution >= 0.6 is 0 Å². The minimum Gasteiger partial charge on any atom is -0.325 e. The SMILES string of the molecule is Cc1cc(CC2(N)CCCC(C)C2)n(C)n1. The zero-order chi connectivity index (χ0) is 11.8. The first-order valence-corrected chi connectivity index (χ1v) is 6.27. The van der Waals surface area contributed by atoms with E-state index in [4.69, 9.17) is 5.73 Å². The van der Waals surface area contributed by atoms with Crippen LogP contribution in [-0.4, -0.2) is 15.3 Å². The Morgan fingerprint density at radius 2 is 2.38 bits per heavy atom. The molecule has 1 aromatic heterocycles. The smallest absolute Gasteiger partial charge is 0.0596 e. The molecular formula is C13H23N3. The molecule has 16 heavy (non-hydrogen) atoms. The summed E-state index contributed by atoms with van der Waals surface area (Å²) in [5, 5.41) is 4.39. The minimum absolute atomic E-state index is 0.00208. The fraction of sp³-hybridized carbons (Fsp3) is 0.769. The molecule has 1 aliphatic rings. The maximum absolute atomic E-state index is 6.52. The minimum atomic E-state index is -0.00208. The van der Waals surface area contributed by atoms with E-state index in [1.54, 1.807) is 0 Å². The van der Waals surface area contributed by atoms with Gasteiger partial charge in [0.25, 0.3) is 0 Å². The third-order valence-electron chi connectivity index (χ3n) is 3.76. The summed E-state index contributed by atoms with van der Waals surface area (Å²) in [6.45, 7) is 4.35. The molecule has 1 heterocycles. The van der Waals surface area contributed by atoms with Crippen LogP contribution in [0.1, 0.15) is 44.0 Å². The molecule has 2 unspecified atom stereocenters. The molecule has 0 amide bonds. The molecule has 2 N–H and O–H groups in total. The Morgan fingerprint density at radius 1 is 1.62 bits per heavy atom. The van der Waals surface area contributed by atoms with Crippen molar-refractivity contribution in [1.82, 2.24) is 9.78 Å². The number of rotatable bonds is 2. The maximum Gasteiger partial charge on any atom is 0.0596 e. The summed E-state index contributed by atoms with van der Waals surface area (Å²) in [5.74, 6) is 0.771. The van der Waals surface area contributed by atoms with E-state index in [0.717, 1.165) is 30.9 Å². The Bertz CT molecular complexity index is 369. The van der Waals surface area contributed by atoms with Gasteiger partial charge in [-0.05, 0) is 31.7 Å². The first kappa shape index (κ1) is 11.6. The van der Waals surface area contributed by atoms with Gasteiger partial charge < -0.3 is 5.73 Å². The zero-order valence-electron chi connectivity index (χ0n) is 10.7. The van der Waals surface area contributed by atoms with Gasteiger partial charge in [0, 0.05) is 24.7 Å². The highest BCUT2D eigenvalue weighted by atomic mass is 15.3. The lowest BCUT2D eigenvalue weighted by molar-refractivity contribution is 0.232. The van der Waals surface area contributed by atoms with Crippen molar-refractivity contribution in [3.63, 3.8) is 0 Å². The van der Waals surface area contributed by atoms with Crippen molar-refractivity contribution >= 4 is 0 Å². The highest BCUT2D eigenvalue weighted by Gasteiger charge is 2.31. The Kier molecular flexibility index (Phi) is 3.06. The fourth-order valence-corrected chi connectivity index (χ4v) is 3.05. The van der Waals surface area contributed by atoms with Crippen LogP contribution in [0.25, 0.3) is 0 Å². The molecule has 0 bridgehead atoms. The van der Waals surface area contributed by atoms with E-state index >= 15 is 0 Å². The number of nitrogens with two attached hydrogens (primary N) is 1. The van der Waals surface area contributed by atoms with E-state index in [9.17, 15) is 0 Å². The van der Waals surface area contributed by atoms with Gasteiger partial charge in [-0.2, -0.15) is 5.10 Å². The van der Waals surface area contributed by atoms with Gasteiger partial charge >= 0.3 is 0 Å². The van der Waals surface area contributed by atoms with Crippen molar-refractivity contribution in [3.8, 4) is 0 Å². The van der Waals surface area contributed by atoms with Gasteiger partial charge in [0.05, 0.1) is 5.69 Å². The van der Waals surface area contributed by atoms with Gasteiger partial charge in [-0.25, -0.2) is 0 Å². The fourth-order valence-electron chi connectivity index (χ4n) is 3.05. The Morgan fingerprint density at radius 3 is 2.94 bits per heavy atom. The molecule has 2 atom stereocenters. The summed E-state index contributed by atoms with van der Waals surface area (Å²) in [7, 11) is 2.01. The van der Waals surface area contributed by atoms with Crippen molar-refractivity contribution in [2.24, 2.45) is 18.7 Å². The normalized spacial score (nSPS) is 30.6. The summed E-state index contributed by atoms with van der Waals surface area (Å²) >= 11 is 0. The summed E-state index contributed by atoms with van der Waals surface area (Å²) in [6, 6.07) is 2.16. The molecule has 2 rings (SSSR count). The van der Waals surface area contributed by atoms with E-state index in [0.29, 0.717) is 0 Å². The monoisotopic (exact) mass is 221 g/mol. The molecular weight excluding hydrogens is 198 g/mol. The third-order valence-corrected chi connectivity index (χ3v) is 3.76. The molecule has 0 aromatic carbocycles. The molecule has 1 saturated carbocycles. The molecule has 3 heteroatoms. The number of aryl methyl sites for hydroxylation is 2. The molecule has 90 valence electrons. The molecule has 1 fully saturated rings. The first-order valence-electron chi connectivity index (χ1n) is 6.27. The van der Waals surface area contributed by atoms with Crippen molar-refractivity contribution in [1.29, 1.82) is 0 Å². The number of aromatic nitrogens is 2. The predicted molar refractivity (Wildman–Crippen MR) is 66.2 cm³/mol. The lowest BCUT2D eigenvalue weighted by Gasteiger charge is -2.36. The standard InChI is InChI=1S/C13H23N3/c1-10-5-4-6-13(14,8-10)9-12-7-11(2)15-16(12)3/h7,10H,4-6,8-9,14H2,1-3H3. The largest absolute Gasteiger partial charge is 0.325 e. The molecule has 3 nitrogen and oxygen atoms in total. The van der Waals surface area contributed by atoms with E-state index < -0.39 is 0 Å². The van der Waals surface area contributed by atoms with Gasteiger partial charge in [0.2, 0.25) is 0 Å². The lowest BCUT2D eigenvalue weighted by atomic mass is 9.74. The second kappa shape index (κ2) is 4.21. The van der Waals surface area contributed by atoms with Crippen LogP contribution in [0.3, 0.4) is 0 Å². The first-order chi connectivity index (χ1) is 7.48. The maximum atomic E-state index is 6.52. The average molecular weight is 221 g/mol. The Hall–Kier alpha value is -0.830. The van der Waals surface area contributed by atoms with Crippen molar-refractivity contribution in [3.05, 3.63) is 17.5 Å². The van der Waals surface area contributed by atoms with Crippen molar-refractivity contribution in [2.45, 2.75) is 51.5 Å². The Balaban J connectivity index is 2.10. The summed E-state index contributed by atoms with van der Waals surface area (Å²) < 4.78 is 1.98. The second-order valence-electron chi connectivity index (χ2n) is 5.64. The van der Waals surface area contributed by atoms with Gasteiger partial charge in [-0.1, -0.05) is 19.8 Å². The average Bonchev–Trinajstić information content (AvgIpc) is 2.43. The summed E-state index contributed by atoms with van der Waals surface area (Å²) in [6.07, 6.45) is 5.88. The van der Waals surface area contributed by atoms with Gasteiger partial charge in [0.15, 0.2) is 0 Å². The number of nitrogens with zero attached hydrogens (tertiary/aromatic N) is 2. The molecule has 1 aromatic rings. The quantitative estimate of drug-likeness (QED) is 0.832. The van der Waals surface area contributed by atoms with Crippen molar-refractivity contribution in [2.75, 3.05) is 0 Å². The van der Waals surface area contributed by atoms with Gasteiger partial charge in [-0.3, -0.25) is 4.68 Å². The van der Waals surface area contributed by atoms with E-state index in [1.165, 1.54) is 18.5 Å². The molecule has 0 radical (unpaired) electrons. The summed E-state index contributed by atoms with van der Waals surface area (Å²) in [5.41, 5.74) is 8.88. The highest BCUT2D eigenvalue weighted by molar-refractivity contribution is 5.13. The van der Waals surface area contributed by atoms with E-state index in [1.807, 2.05) is 18.7 Å². The van der Waals surface area contributed by atoms with Crippen LogP contribution in [0.4, 0.5) is 0 Å². The van der Waals surface area contributed by atoms with Crippen LogP contribution in [0.15, 0.2) is 6.07 Å². The lowest BCUT2D eigenvalue weighted by Crippen LogP contribution is -2.46. The van der Waals surface area contributed by atoms with Crippen LogP contribution in [0.5, 0.6) is 0 Å². The number of hydrogen-bond acceptors (Lipinski definition) is 2. The molecule has 0 saturated heterocycles. The van der Waals surface area contributed by atoms with Crippen LogP contribution in [-0.2, 0) is 13.5 Å². The van der Waals surface area contributed by atoms with Crippen LogP contribution in [0, 0.1) is 12.8 Å². The van der Waals surface area contributed by atoms with Crippen molar-refractivity contribution < 1.29 is 0 Å². The van der Waals surface area contributed by atoms with Gasteiger partial charge in [0.1, 0.15) is 0 Å². The third kappa shape index (κ3) is 2.46. The zero-order valence-corrected chi connectivity index (χ0v) is 10.7. The highest BCUT2D eigenvalue weighted by Crippen LogP contribution is 2.32. The van der Waals surface area contributed by atoms with Crippen LogP contribution in [0.2, 0.25) is 0 Å². The van der Waals surface area contributed by atoms with E-state index in [2.05, 4.69) is 18.1 Å². The topological polar surface area (TPSA) is 43.8 Å². The second-order valence-corrected chi connectivity index (χ2v) is 5.64. The summed E-state index contributed by atoms with van der Waals surface area (Å²) in [4.78, 5) is 0. The predicted octanol–water partition coefficient (Wildman–Crippen LogP) is 2.18. The molecule has 0 spiro atoms.